The first-order valence-corrected chi connectivity index (χ1v) is 10.7. The molecule has 2 nitrogen and oxygen atoms in total. The Morgan fingerprint density at radius 2 is 1.00 bits per heavy atom. The Balaban J connectivity index is 1.67. The molecule has 2 heteroatoms. The first-order valence-electron chi connectivity index (χ1n) is 10.7. The Kier molecular flexibility index (Phi) is 3.23. The molecular formula is C29H20N2. The van der Waals surface area contributed by atoms with Gasteiger partial charge in [-0.05, 0) is 59.3 Å². The number of aryl methyl sites for hydroxylation is 1. The topological polar surface area (TPSA) is 9.86 Å². The van der Waals surface area contributed by atoms with Gasteiger partial charge in [-0.2, -0.15) is 0 Å². The lowest BCUT2D eigenvalue weighted by molar-refractivity contribution is 1.02. The third kappa shape index (κ3) is 2.22. The molecule has 5 aromatic carbocycles. The van der Waals surface area contributed by atoms with E-state index in [9.17, 15) is 0 Å². The highest BCUT2D eigenvalue weighted by molar-refractivity contribution is 6.17. The number of rotatable bonds is 1. The van der Waals surface area contributed by atoms with E-state index >= 15 is 0 Å². The highest BCUT2D eigenvalue weighted by atomic mass is 15.0. The maximum atomic E-state index is 2.38. The molecule has 146 valence electrons. The van der Waals surface area contributed by atoms with Crippen molar-refractivity contribution in [2.24, 2.45) is 7.05 Å². The molecule has 0 aliphatic carbocycles. The largest absolute Gasteiger partial charge is 0.344 e. The maximum absolute atomic E-state index is 2.38. The molecule has 0 N–H and O–H groups in total. The fraction of sp³-hybridized carbons (Fsp3) is 0.0345. The summed E-state index contributed by atoms with van der Waals surface area (Å²) in [5.41, 5.74) is 6.23. The lowest BCUT2D eigenvalue weighted by atomic mass is 10.0. The minimum atomic E-state index is 1.19. The van der Waals surface area contributed by atoms with Gasteiger partial charge in [0.25, 0.3) is 0 Å². The molecule has 31 heavy (non-hydrogen) atoms. The molecule has 0 atom stereocenters. The van der Waals surface area contributed by atoms with Crippen LogP contribution in [0, 0.1) is 0 Å². The first-order chi connectivity index (χ1) is 15.3. The molecule has 2 heterocycles. The molecule has 2 aromatic heterocycles. The van der Waals surface area contributed by atoms with Crippen molar-refractivity contribution in [3.8, 4) is 5.69 Å². The van der Waals surface area contributed by atoms with Gasteiger partial charge in [-0.3, -0.25) is 0 Å². The van der Waals surface area contributed by atoms with E-state index in [0.717, 1.165) is 0 Å². The molecule has 7 aromatic rings. The van der Waals surface area contributed by atoms with Crippen LogP contribution in [0.4, 0.5) is 0 Å². The van der Waals surface area contributed by atoms with Crippen molar-refractivity contribution in [2.45, 2.75) is 0 Å². The third-order valence-corrected chi connectivity index (χ3v) is 6.68. The Labute approximate surface area is 179 Å². The van der Waals surface area contributed by atoms with E-state index in [0.29, 0.717) is 0 Å². The average Bonchev–Trinajstić information content (AvgIpc) is 3.29. The molecule has 0 unspecified atom stereocenters. The molecule has 0 aliphatic heterocycles. The van der Waals surface area contributed by atoms with Gasteiger partial charge in [0.15, 0.2) is 0 Å². The number of nitrogens with zero attached hydrogens (tertiary/aromatic N) is 2. The molecule has 0 saturated carbocycles. The van der Waals surface area contributed by atoms with Crippen molar-refractivity contribution in [3.63, 3.8) is 0 Å². The minimum absolute atomic E-state index is 1.19. The van der Waals surface area contributed by atoms with Gasteiger partial charge in [0.05, 0.1) is 11.0 Å². The highest BCUT2D eigenvalue weighted by Gasteiger charge is 2.15. The van der Waals surface area contributed by atoms with Crippen molar-refractivity contribution in [1.82, 2.24) is 9.13 Å². The summed E-state index contributed by atoms with van der Waals surface area (Å²) in [6.07, 6.45) is 0. The number of benzene rings is 5. The molecule has 0 amide bonds. The van der Waals surface area contributed by atoms with Gasteiger partial charge in [-0.25, -0.2) is 0 Å². The van der Waals surface area contributed by atoms with Gasteiger partial charge in [-0.1, -0.05) is 54.6 Å². The van der Waals surface area contributed by atoms with Gasteiger partial charge < -0.3 is 9.13 Å². The fourth-order valence-electron chi connectivity index (χ4n) is 5.22. The zero-order valence-corrected chi connectivity index (χ0v) is 17.2. The zero-order valence-electron chi connectivity index (χ0n) is 17.2. The predicted molar refractivity (Wildman–Crippen MR) is 132 cm³/mol. The second-order valence-electron chi connectivity index (χ2n) is 8.35. The Morgan fingerprint density at radius 1 is 0.452 bits per heavy atom. The van der Waals surface area contributed by atoms with Crippen LogP contribution in [-0.2, 0) is 7.05 Å². The third-order valence-electron chi connectivity index (χ3n) is 6.68. The van der Waals surface area contributed by atoms with Crippen LogP contribution in [0.1, 0.15) is 0 Å². The highest BCUT2D eigenvalue weighted by Crippen LogP contribution is 2.37. The van der Waals surface area contributed by atoms with E-state index < -0.39 is 0 Å². The molecule has 0 saturated heterocycles. The number of hydrogen-bond donors (Lipinski definition) is 0. The quantitative estimate of drug-likeness (QED) is 0.271. The molecule has 0 fully saturated rings. The normalized spacial score (nSPS) is 12.0. The molecule has 7 rings (SSSR count). The van der Waals surface area contributed by atoms with Crippen LogP contribution in [0.15, 0.2) is 103 Å². The second kappa shape index (κ2) is 5.99. The first kappa shape index (κ1) is 16.7. The summed E-state index contributed by atoms with van der Waals surface area (Å²) < 4.78 is 4.69. The van der Waals surface area contributed by atoms with Gasteiger partial charge in [0.2, 0.25) is 0 Å². The summed E-state index contributed by atoms with van der Waals surface area (Å²) in [6, 6.07) is 37.5. The zero-order chi connectivity index (χ0) is 20.5. The van der Waals surface area contributed by atoms with E-state index in [1.807, 2.05) is 0 Å². The summed E-state index contributed by atoms with van der Waals surface area (Å²) in [5.74, 6) is 0. The van der Waals surface area contributed by atoms with E-state index in [4.69, 9.17) is 0 Å². The summed E-state index contributed by atoms with van der Waals surface area (Å²) in [4.78, 5) is 0. The van der Waals surface area contributed by atoms with Crippen LogP contribution in [0.5, 0.6) is 0 Å². The second-order valence-corrected chi connectivity index (χ2v) is 8.35. The van der Waals surface area contributed by atoms with E-state index in [-0.39, 0.29) is 0 Å². The Hall–Kier alpha value is -4.04. The minimum Gasteiger partial charge on any atom is -0.344 e. The Bertz CT molecular complexity index is 1780. The van der Waals surface area contributed by atoms with E-state index in [1.54, 1.807) is 0 Å². The van der Waals surface area contributed by atoms with Crippen molar-refractivity contribution in [3.05, 3.63) is 103 Å². The molecule has 0 aliphatic rings. The van der Waals surface area contributed by atoms with Crippen molar-refractivity contribution in [1.29, 1.82) is 0 Å². The van der Waals surface area contributed by atoms with E-state index in [1.165, 1.54) is 60.1 Å². The van der Waals surface area contributed by atoms with Crippen LogP contribution < -0.4 is 0 Å². The monoisotopic (exact) mass is 396 g/mol. The van der Waals surface area contributed by atoms with Gasteiger partial charge in [0, 0.05) is 45.3 Å². The van der Waals surface area contributed by atoms with Crippen LogP contribution in [0.3, 0.4) is 0 Å². The van der Waals surface area contributed by atoms with Crippen molar-refractivity contribution >= 4 is 54.4 Å². The Morgan fingerprint density at radius 3 is 1.77 bits per heavy atom. The van der Waals surface area contributed by atoms with Crippen molar-refractivity contribution < 1.29 is 0 Å². The average molecular weight is 396 g/mol. The van der Waals surface area contributed by atoms with Crippen LogP contribution in [0.25, 0.3) is 60.1 Å². The number of aromatic nitrogens is 2. The number of para-hydroxylation sites is 3. The predicted octanol–water partition coefficient (Wildman–Crippen LogP) is 7.58. The van der Waals surface area contributed by atoms with Crippen LogP contribution in [-0.4, -0.2) is 9.13 Å². The smallest absolute Gasteiger partial charge is 0.0547 e. The fourth-order valence-corrected chi connectivity index (χ4v) is 5.22. The van der Waals surface area contributed by atoms with E-state index in [2.05, 4.69) is 119 Å². The number of fused-ring (bicyclic) bond motifs is 7. The van der Waals surface area contributed by atoms with Crippen LogP contribution >= 0.6 is 0 Å². The van der Waals surface area contributed by atoms with Crippen LogP contribution in [0.2, 0.25) is 0 Å². The SMILES string of the molecule is Cn1c2ccccc2c2cc3cc4c5ccccc5n(-c5ccccc5)c4cc3cc21. The molecular weight excluding hydrogens is 376 g/mol. The maximum Gasteiger partial charge on any atom is 0.0547 e. The van der Waals surface area contributed by atoms with Gasteiger partial charge in [0.1, 0.15) is 0 Å². The summed E-state index contributed by atoms with van der Waals surface area (Å²) in [7, 11) is 2.16. The lowest BCUT2D eigenvalue weighted by Crippen LogP contribution is -1.93. The van der Waals surface area contributed by atoms with Crippen molar-refractivity contribution in [2.75, 3.05) is 0 Å². The van der Waals surface area contributed by atoms with Gasteiger partial charge in [-0.15, -0.1) is 0 Å². The standard InChI is InChI=1S/C29H20N2/c1-30-26-13-7-5-11-22(26)24-15-19-16-25-23-12-6-8-14-27(23)31(21-9-3-2-4-10-21)29(25)18-20(19)17-28(24)30/h2-18H,1H3. The summed E-state index contributed by atoms with van der Waals surface area (Å²) in [6.45, 7) is 0. The van der Waals surface area contributed by atoms with Gasteiger partial charge >= 0.3 is 0 Å². The number of hydrogen-bond acceptors (Lipinski definition) is 0. The molecule has 0 radical (unpaired) electrons. The summed E-state index contributed by atoms with van der Waals surface area (Å²) in [5, 5.41) is 7.77. The lowest BCUT2D eigenvalue weighted by Gasteiger charge is -2.08. The summed E-state index contributed by atoms with van der Waals surface area (Å²) >= 11 is 0. The molecule has 0 spiro atoms. The molecule has 0 bridgehead atoms.